The number of benzene rings is 1. The number of likely N-dealkylation sites (tertiary alicyclic amines) is 1. The lowest BCUT2D eigenvalue weighted by Crippen LogP contribution is -2.39. The summed E-state index contributed by atoms with van der Waals surface area (Å²) in [5.41, 5.74) is 3.82. The zero-order valence-corrected chi connectivity index (χ0v) is 14.5. The van der Waals surface area contributed by atoms with Gasteiger partial charge in [0, 0.05) is 30.9 Å². The van der Waals surface area contributed by atoms with E-state index in [9.17, 15) is 14.7 Å². The molecule has 1 aromatic heterocycles. The number of aromatic carboxylic acids is 1. The fourth-order valence-electron chi connectivity index (χ4n) is 3.30. The maximum absolute atomic E-state index is 12.8. The summed E-state index contributed by atoms with van der Waals surface area (Å²) in [5.74, 6) is -0.766. The molecule has 1 aromatic carbocycles. The molecule has 5 heteroatoms. The number of pyridine rings is 1. The van der Waals surface area contributed by atoms with Gasteiger partial charge in [-0.2, -0.15) is 0 Å². The number of carbonyl (C=O) groups is 2. The lowest BCUT2D eigenvalue weighted by molar-refractivity contribution is 0.0687. The summed E-state index contributed by atoms with van der Waals surface area (Å²) in [4.78, 5) is 30.1. The third-order valence-corrected chi connectivity index (χ3v) is 4.90. The third kappa shape index (κ3) is 3.71. The summed E-state index contributed by atoms with van der Waals surface area (Å²) in [6.45, 7) is 5.21. The van der Waals surface area contributed by atoms with Crippen molar-refractivity contribution in [2.45, 2.75) is 32.6 Å². The second kappa shape index (κ2) is 7.05. The van der Waals surface area contributed by atoms with Gasteiger partial charge < -0.3 is 10.0 Å². The molecule has 2 heterocycles. The van der Waals surface area contributed by atoms with Gasteiger partial charge in [-0.25, -0.2) is 4.79 Å². The summed E-state index contributed by atoms with van der Waals surface area (Å²) >= 11 is 0. The van der Waals surface area contributed by atoms with Crippen molar-refractivity contribution in [3.05, 3.63) is 64.5 Å². The van der Waals surface area contributed by atoms with Crippen LogP contribution >= 0.6 is 0 Å². The molecule has 1 N–H and O–H groups in total. The molecule has 25 heavy (non-hydrogen) atoms. The van der Waals surface area contributed by atoms with Crippen LogP contribution in [-0.4, -0.2) is 40.0 Å². The number of aromatic nitrogens is 1. The fraction of sp³-hybridized carbons (Fsp3) is 0.350. The van der Waals surface area contributed by atoms with Gasteiger partial charge >= 0.3 is 5.97 Å². The SMILES string of the molecule is Cc1cc(C(=O)N2CCCC(c3cccc(C(=O)O)c3)C2)cnc1C. The summed E-state index contributed by atoms with van der Waals surface area (Å²) in [7, 11) is 0. The minimum absolute atomic E-state index is 0.00492. The molecule has 1 saturated heterocycles. The number of nitrogens with zero attached hydrogens (tertiary/aromatic N) is 2. The molecule has 2 aromatic rings. The van der Waals surface area contributed by atoms with Crippen LogP contribution in [0, 0.1) is 13.8 Å². The van der Waals surface area contributed by atoms with E-state index in [2.05, 4.69) is 4.98 Å². The summed E-state index contributed by atoms with van der Waals surface area (Å²) < 4.78 is 0. The van der Waals surface area contributed by atoms with Crippen molar-refractivity contribution in [1.29, 1.82) is 0 Å². The topological polar surface area (TPSA) is 70.5 Å². The van der Waals surface area contributed by atoms with Gasteiger partial charge in [-0.1, -0.05) is 12.1 Å². The first-order valence-electron chi connectivity index (χ1n) is 8.51. The van der Waals surface area contributed by atoms with Crippen molar-refractivity contribution in [1.82, 2.24) is 9.88 Å². The molecule has 0 spiro atoms. The largest absolute Gasteiger partial charge is 0.478 e. The van der Waals surface area contributed by atoms with Crippen LogP contribution in [0.1, 0.15) is 56.3 Å². The van der Waals surface area contributed by atoms with Gasteiger partial charge in [0.2, 0.25) is 0 Å². The molecular formula is C20H22N2O3. The van der Waals surface area contributed by atoms with Gasteiger partial charge in [-0.15, -0.1) is 0 Å². The molecule has 130 valence electrons. The summed E-state index contributed by atoms with van der Waals surface area (Å²) in [6, 6.07) is 8.92. The zero-order chi connectivity index (χ0) is 18.0. The smallest absolute Gasteiger partial charge is 0.335 e. The van der Waals surface area contributed by atoms with Gasteiger partial charge in [-0.05, 0) is 56.0 Å². The van der Waals surface area contributed by atoms with Crippen LogP contribution in [0.25, 0.3) is 0 Å². The van der Waals surface area contributed by atoms with E-state index in [-0.39, 0.29) is 11.8 Å². The number of carbonyl (C=O) groups excluding carboxylic acids is 1. The molecule has 0 saturated carbocycles. The molecule has 1 aliphatic rings. The van der Waals surface area contributed by atoms with Crippen molar-refractivity contribution in [2.75, 3.05) is 13.1 Å². The number of hydrogen-bond acceptors (Lipinski definition) is 3. The second-order valence-electron chi connectivity index (χ2n) is 6.65. The maximum atomic E-state index is 12.8. The number of carboxylic acids is 1. The molecule has 1 atom stereocenters. The summed E-state index contributed by atoms with van der Waals surface area (Å²) in [5, 5.41) is 9.17. The molecular weight excluding hydrogens is 316 g/mol. The normalized spacial score (nSPS) is 17.4. The van der Waals surface area contributed by atoms with Crippen LogP contribution in [0.5, 0.6) is 0 Å². The minimum atomic E-state index is -0.924. The van der Waals surface area contributed by atoms with Gasteiger partial charge in [0.05, 0.1) is 11.1 Å². The third-order valence-electron chi connectivity index (χ3n) is 4.90. The van der Waals surface area contributed by atoms with E-state index in [1.165, 1.54) is 0 Å². The molecule has 3 rings (SSSR count). The Morgan fingerprint density at radius 3 is 2.72 bits per heavy atom. The second-order valence-corrected chi connectivity index (χ2v) is 6.65. The van der Waals surface area contributed by atoms with Crippen LogP contribution in [0.2, 0.25) is 0 Å². The van der Waals surface area contributed by atoms with E-state index >= 15 is 0 Å². The van der Waals surface area contributed by atoms with Crippen LogP contribution in [0.3, 0.4) is 0 Å². The van der Waals surface area contributed by atoms with Crippen LogP contribution in [0.15, 0.2) is 36.5 Å². The minimum Gasteiger partial charge on any atom is -0.478 e. The Labute approximate surface area is 147 Å². The highest BCUT2D eigenvalue weighted by atomic mass is 16.4. The highest BCUT2D eigenvalue weighted by Crippen LogP contribution is 2.28. The number of amides is 1. The van der Waals surface area contributed by atoms with E-state index in [0.29, 0.717) is 17.7 Å². The van der Waals surface area contributed by atoms with E-state index in [4.69, 9.17) is 0 Å². The molecule has 0 bridgehead atoms. The number of hydrogen-bond donors (Lipinski definition) is 1. The Bertz CT molecular complexity index is 816. The van der Waals surface area contributed by atoms with Crippen LogP contribution in [-0.2, 0) is 0 Å². The van der Waals surface area contributed by atoms with Crippen molar-refractivity contribution in [2.24, 2.45) is 0 Å². The molecule has 1 unspecified atom stereocenters. The van der Waals surface area contributed by atoms with E-state index in [1.54, 1.807) is 24.4 Å². The van der Waals surface area contributed by atoms with E-state index in [1.807, 2.05) is 30.9 Å². The van der Waals surface area contributed by atoms with Gasteiger partial charge in [0.15, 0.2) is 0 Å². The molecule has 1 amide bonds. The molecule has 1 aliphatic heterocycles. The monoisotopic (exact) mass is 338 g/mol. The van der Waals surface area contributed by atoms with Crippen molar-refractivity contribution in [3.63, 3.8) is 0 Å². The Kier molecular flexibility index (Phi) is 4.83. The van der Waals surface area contributed by atoms with Gasteiger partial charge in [-0.3, -0.25) is 9.78 Å². The van der Waals surface area contributed by atoms with Gasteiger partial charge in [0.1, 0.15) is 0 Å². The lowest BCUT2D eigenvalue weighted by atomic mass is 9.89. The Morgan fingerprint density at radius 1 is 1.20 bits per heavy atom. The van der Waals surface area contributed by atoms with E-state index < -0.39 is 5.97 Å². The Balaban J connectivity index is 1.78. The quantitative estimate of drug-likeness (QED) is 0.931. The standard InChI is InChI=1S/C20H22N2O3/c1-13-9-18(11-21-14(13)2)19(23)22-8-4-7-17(12-22)15-5-3-6-16(10-15)20(24)25/h3,5-6,9-11,17H,4,7-8,12H2,1-2H3,(H,24,25). The highest BCUT2D eigenvalue weighted by molar-refractivity contribution is 5.94. The maximum Gasteiger partial charge on any atom is 0.335 e. The van der Waals surface area contributed by atoms with Crippen molar-refractivity contribution in [3.8, 4) is 0 Å². The molecule has 0 radical (unpaired) electrons. The van der Waals surface area contributed by atoms with Crippen LogP contribution in [0.4, 0.5) is 0 Å². The first-order valence-corrected chi connectivity index (χ1v) is 8.51. The molecule has 1 fully saturated rings. The zero-order valence-electron chi connectivity index (χ0n) is 14.5. The van der Waals surface area contributed by atoms with E-state index in [0.717, 1.165) is 36.2 Å². The average Bonchev–Trinajstić information content (AvgIpc) is 2.63. The number of carboxylic acid groups (broad SMARTS) is 1. The fourth-order valence-corrected chi connectivity index (χ4v) is 3.30. The predicted octanol–water partition coefficient (Wildman–Crippen LogP) is 3.42. The predicted molar refractivity (Wildman–Crippen MR) is 95.0 cm³/mol. The van der Waals surface area contributed by atoms with Crippen molar-refractivity contribution < 1.29 is 14.7 Å². The molecule has 5 nitrogen and oxygen atoms in total. The van der Waals surface area contributed by atoms with Crippen LogP contribution < -0.4 is 0 Å². The van der Waals surface area contributed by atoms with Gasteiger partial charge in [0.25, 0.3) is 5.91 Å². The number of rotatable bonds is 3. The Morgan fingerprint density at radius 2 is 2.00 bits per heavy atom. The molecule has 0 aliphatic carbocycles. The van der Waals surface area contributed by atoms with Crippen molar-refractivity contribution >= 4 is 11.9 Å². The number of aryl methyl sites for hydroxylation is 2. The summed E-state index contributed by atoms with van der Waals surface area (Å²) in [6.07, 6.45) is 3.50. The first-order chi connectivity index (χ1) is 12.0. The lowest BCUT2D eigenvalue weighted by Gasteiger charge is -2.33. The number of piperidine rings is 1. The highest BCUT2D eigenvalue weighted by Gasteiger charge is 2.26. The average molecular weight is 338 g/mol. The first kappa shape index (κ1) is 17.1. The Hall–Kier alpha value is -2.69.